The highest BCUT2D eigenvalue weighted by molar-refractivity contribution is 6.30. The number of amides is 1. The lowest BCUT2D eigenvalue weighted by Gasteiger charge is -2.68. The number of rotatable bonds is 4. The zero-order valence-corrected chi connectivity index (χ0v) is 17.5. The van der Waals surface area contributed by atoms with E-state index in [1.54, 1.807) is 18.2 Å². The molecule has 2 bridgehead atoms. The number of benzene rings is 1. The number of ether oxygens (including phenoxy) is 1. The SMILES string of the molecule is CC1CC(c2nnc(C34CC(NC(=O)[C@H]5C[C@@H](O)c6cc(Cl)ccc6O5)(C3)C4)o2)C1. The number of carbonyl (C=O) groups is 1. The van der Waals surface area contributed by atoms with Crippen molar-refractivity contribution >= 4 is 17.5 Å². The molecule has 158 valence electrons. The number of aliphatic hydroxyl groups excluding tert-OH is 1. The predicted molar refractivity (Wildman–Crippen MR) is 107 cm³/mol. The van der Waals surface area contributed by atoms with Gasteiger partial charge in [0.15, 0.2) is 6.10 Å². The summed E-state index contributed by atoms with van der Waals surface area (Å²) in [6.07, 6.45) is 3.42. The topological polar surface area (TPSA) is 97.5 Å². The van der Waals surface area contributed by atoms with Crippen LogP contribution in [0.25, 0.3) is 0 Å². The molecule has 0 saturated heterocycles. The third kappa shape index (κ3) is 2.71. The Morgan fingerprint density at radius 2 is 2.00 bits per heavy atom. The van der Waals surface area contributed by atoms with E-state index >= 15 is 0 Å². The number of aliphatic hydroxyl groups is 1. The molecule has 0 spiro atoms. The number of nitrogens with zero attached hydrogens (tertiary/aromatic N) is 2. The highest BCUT2D eigenvalue weighted by Crippen LogP contribution is 2.67. The van der Waals surface area contributed by atoms with Crippen LogP contribution in [0.4, 0.5) is 0 Å². The largest absolute Gasteiger partial charge is 0.480 e. The number of aromatic nitrogens is 2. The summed E-state index contributed by atoms with van der Waals surface area (Å²) in [4.78, 5) is 12.8. The van der Waals surface area contributed by atoms with Crippen molar-refractivity contribution in [1.29, 1.82) is 0 Å². The Morgan fingerprint density at radius 3 is 2.73 bits per heavy atom. The molecule has 2 aromatic rings. The summed E-state index contributed by atoms with van der Waals surface area (Å²) >= 11 is 6.00. The quantitative estimate of drug-likeness (QED) is 0.772. The Bertz CT molecular complexity index is 1010. The van der Waals surface area contributed by atoms with Crippen molar-refractivity contribution in [2.75, 3.05) is 0 Å². The van der Waals surface area contributed by atoms with E-state index in [2.05, 4.69) is 22.4 Å². The van der Waals surface area contributed by atoms with Crippen molar-refractivity contribution in [3.8, 4) is 5.75 Å². The van der Waals surface area contributed by atoms with E-state index in [4.69, 9.17) is 20.8 Å². The van der Waals surface area contributed by atoms with E-state index < -0.39 is 12.2 Å². The smallest absolute Gasteiger partial charge is 0.261 e. The van der Waals surface area contributed by atoms with Crippen molar-refractivity contribution in [3.05, 3.63) is 40.6 Å². The Morgan fingerprint density at radius 1 is 1.23 bits per heavy atom. The first kappa shape index (κ1) is 18.6. The van der Waals surface area contributed by atoms with E-state index in [1.165, 1.54) is 0 Å². The maximum Gasteiger partial charge on any atom is 0.261 e. The first-order valence-electron chi connectivity index (χ1n) is 10.6. The van der Waals surface area contributed by atoms with Crippen molar-refractivity contribution < 1.29 is 19.1 Å². The van der Waals surface area contributed by atoms with Gasteiger partial charge in [0, 0.05) is 28.5 Å². The van der Waals surface area contributed by atoms with Gasteiger partial charge in [-0.05, 0) is 56.2 Å². The summed E-state index contributed by atoms with van der Waals surface area (Å²) in [5.41, 5.74) is 0.333. The maximum atomic E-state index is 12.8. The van der Waals surface area contributed by atoms with Crippen LogP contribution < -0.4 is 10.1 Å². The Labute approximate surface area is 179 Å². The van der Waals surface area contributed by atoms with Crippen LogP contribution in [0.3, 0.4) is 0 Å². The molecule has 2 N–H and O–H groups in total. The number of halogens is 1. The predicted octanol–water partition coefficient (Wildman–Crippen LogP) is 3.41. The normalized spacial score (nSPS) is 38.4. The Hall–Kier alpha value is -2.12. The molecular formula is C22H24ClN3O4. The molecule has 1 amide bonds. The fourth-order valence-electron chi connectivity index (χ4n) is 5.79. The molecule has 0 radical (unpaired) electrons. The number of hydrogen-bond donors (Lipinski definition) is 2. The second-order valence-corrected chi connectivity index (χ2v) is 10.3. The van der Waals surface area contributed by atoms with Gasteiger partial charge in [-0.15, -0.1) is 10.2 Å². The lowest BCUT2D eigenvalue weighted by Crippen LogP contribution is -2.77. The van der Waals surface area contributed by atoms with Crippen LogP contribution in [-0.2, 0) is 10.2 Å². The molecule has 7 rings (SSSR count). The number of hydrogen-bond acceptors (Lipinski definition) is 6. The average molecular weight is 430 g/mol. The average Bonchev–Trinajstić information content (AvgIpc) is 3.10. The van der Waals surface area contributed by atoms with E-state index in [1.807, 2.05) is 0 Å². The van der Waals surface area contributed by atoms with Crippen LogP contribution in [0.5, 0.6) is 5.75 Å². The van der Waals surface area contributed by atoms with E-state index in [-0.39, 0.29) is 23.3 Å². The summed E-state index contributed by atoms with van der Waals surface area (Å²) in [6.45, 7) is 2.24. The van der Waals surface area contributed by atoms with Crippen LogP contribution in [-0.4, -0.2) is 32.9 Å². The summed E-state index contributed by atoms with van der Waals surface area (Å²) < 4.78 is 11.9. The summed E-state index contributed by atoms with van der Waals surface area (Å²) in [7, 11) is 0. The molecule has 2 atom stereocenters. The molecule has 7 nitrogen and oxygen atoms in total. The molecule has 5 aliphatic rings. The van der Waals surface area contributed by atoms with Gasteiger partial charge in [-0.2, -0.15) is 0 Å². The van der Waals surface area contributed by atoms with Gasteiger partial charge < -0.3 is 19.6 Å². The van der Waals surface area contributed by atoms with Crippen LogP contribution in [0.1, 0.15) is 74.8 Å². The first-order valence-corrected chi connectivity index (χ1v) is 11.0. The van der Waals surface area contributed by atoms with Crippen molar-refractivity contribution in [2.24, 2.45) is 5.92 Å². The summed E-state index contributed by atoms with van der Waals surface area (Å²) in [6, 6.07) is 5.08. The molecule has 1 aromatic heterocycles. The van der Waals surface area contributed by atoms with E-state index in [0.717, 1.165) is 49.8 Å². The van der Waals surface area contributed by atoms with Gasteiger partial charge in [-0.25, -0.2) is 0 Å². The van der Waals surface area contributed by atoms with Crippen molar-refractivity contribution in [3.63, 3.8) is 0 Å². The minimum absolute atomic E-state index is 0.0792. The molecule has 8 heteroatoms. The second kappa shape index (κ2) is 6.20. The monoisotopic (exact) mass is 429 g/mol. The zero-order valence-electron chi connectivity index (χ0n) is 16.7. The third-order valence-corrected chi connectivity index (χ3v) is 7.60. The van der Waals surface area contributed by atoms with Crippen LogP contribution in [0, 0.1) is 5.92 Å². The maximum absolute atomic E-state index is 12.8. The zero-order chi connectivity index (χ0) is 20.7. The fourth-order valence-corrected chi connectivity index (χ4v) is 5.97. The highest BCUT2D eigenvalue weighted by Gasteiger charge is 2.72. The van der Waals surface area contributed by atoms with E-state index in [9.17, 15) is 9.90 Å². The lowest BCUT2D eigenvalue weighted by atomic mass is 9.39. The van der Waals surface area contributed by atoms with Gasteiger partial charge in [0.05, 0.1) is 11.5 Å². The Balaban J connectivity index is 1.08. The molecule has 1 aromatic carbocycles. The lowest BCUT2D eigenvalue weighted by molar-refractivity contribution is -0.149. The van der Waals surface area contributed by atoms with Crippen LogP contribution >= 0.6 is 11.6 Å². The van der Waals surface area contributed by atoms with Crippen LogP contribution in [0.2, 0.25) is 5.02 Å². The molecule has 0 unspecified atom stereocenters. The van der Waals surface area contributed by atoms with Gasteiger partial charge in [0.1, 0.15) is 5.75 Å². The van der Waals surface area contributed by atoms with Crippen LogP contribution in [0.15, 0.2) is 22.6 Å². The number of carbonyl (C=O) groups excluding carboxylic acids is 1. The van der Waals surface area contributed by atoms with Gasteiger partial charge >= 0.3 is 0 Å². The number of fused-ring (bicyclic) bond motifs is 1. The molecule has 4 fully saturated rings. The highest BCUT2D eigenvalue weighted by atomic mass is 35.5. The van der Waals surface area contributed by atoms with Gasteiger partial charge in [0.25, 0.3) is 5.91 Å². The summed E-state index contributed by atoms with van der Waals surface area (Å²) in [5.74, 6) is 2.98. The molecule has 2 heterocycles. The van der Waals surface area contributed by atoms with Crippen molar-refractivity contribution in [2.45, 2.75) is 74.5 Å². The molecular weight excluding hydrogens is 406 g/mol. The fraction of sp³-hybridized carbons (Fsp3) is 0.591. The molecule has 1 aliphatic heterocycles. The van der Waals surface area contributed by atoms with E-state index in [0.29, 0.717) is 22.3 Å². The van der Waals surface area contributed by atoms with Gasteiger partial charge in [-0.3, -0.25) is 4.79 Å². The standard InChI is InChI=1S/C22H24ClN3O4/c1-11-4-12(5-11)19-25-26-20(30-19)21-8-22(9-21,10-21)24-18(28)17-7-15(27)14-6-13(23)2-3-16(14)29-17/h2-3,6,11-12,15,17,27H,4-5,7-10H2,1H3,(H,24,28)/t11?,12?,15-,17-,21?,22?/m1/s1. The number of nitrogens with one attached hydrogen (secondary N) is 1. The Kier molecular flexibility index (Phi) is 3.85. The van der Waals surface area contributed by atoms with Gasteiger partial charge in [0.2, 0.25) is 11.8 Å². The minimum atomic E-state index is -0.770. The second-order valence-electron chi connectivity index (χ2n) is 9.84. The summed E-state index contributed by atoms with van der Waals surface area (Å²) in [5, 5.41) is 22.7. The molecule has 4 aliphatic carbocycles. The third-order valence-electron chi connectivity index (χ3n) is 7.37. The van der Waals surface area contributed by atoms with Gasteiger partial charge in [-0.1, -0.05) is 18.5 Å². The van der Waals surface area contributed by atoms with Crippen molar-refractivity contribution in [1.82, 2.24) is 15.5 Å². The molecule has 4 saturated carbocycles. The first-order chi connectivity index (χ1) is 14.3. The minimum Gasteiger partial charge on any atom is -0.480 e. The molecule has 30 heavy (non-hydrogen) atoms.